The number of nitrogens with one attached hydrogen (secondary N) is 1. The molecule has 0 unspecified atom stereocenters. The van der Waals surface area contributed by atoms with Crippen LogP contribution in [0.1, 0.15) is 12.5 Å². The minimum Gasteiger partial charge on any atom is -0.378 e. The minimum absolute atomic E-state index is 0.0608. The molecule has 2 aliphatic heterocycles. The first-order chi connectivity index (χ1) is 14.7. The van der Waals surface area contributed by atoms with Crippen molar-refractivity contribution in [3.63, 3.8) is 0 Å². The van der Waals surface area contributed by atoms with Crippen LogP contribution in [0.15, 0.2) is 54.6 Å². The van der Waals surface area contributed by atoms with Crippen molar-refractivity contribution in [3.8, 4) is 0 Å². The molecule has 1 N–H and O–H groups in total. The fourth-order valence-corrected chi connectivity index (χ4v) is 4.14. The largest absolute Gasteiger partial charge is 0.378 e. The minimum atomic E-state index is -0.136. The lowest BCUT2D eigenvalue weighted by molar-refractivity contribution is -0.121. The van der Waals surface area contributed by atoms with Gasteiger partial charge in [0.2, 0.25) is 5.91 Å². The summed E-state index contributed by atoms with van der Waals surface area (Å²) >= 11 is 0. The number of morpholine rings is 1. The molecule has 1 atom stereocenters. The highest BCUT2D eigenvalue weighted by atomic mass is 16.5. The summed E-state index contributed by atoms with van der Waals surface area (Å²) in [6.45, 7) is 10.2. The van der Waals surface area contributed by atoms with Crippen molar-refractivity contribution in [3.05, 3.63) is 60.2 Å². The maximum atomic E-state index is 12.8. The molecule has 30 heavy (non-hydrogen) atoms. The Morgan fingerprint density at radius 3 is 2.27 bits per heavy atom. The molecular formula is C24H32N4O2. The molecule has 4 rings (SSSR count). The van der Waals surface area contributed by atoms with Crippen LogP contribution in [-0.4, -0.2) is 74.2 Å². The molecule has 160 valence electrons. The normalized spacial score (nSPS) is 19.4. The van der Waals surface area contributed by atoms with Crippen molar-refractivity contribution in [2.75, 3.05) is 62.7 Å². The first kappa shape index (κ1) is 20.8. The molecule has 2 heterocycles. The zero-order valence-corrected chi connectivity index (χ0v) is 17.8. The highest BCUT2D eigenvalue weighted by Crippen LogP contribution is 2.20. The molecule has 2 aromatic rings. The summed E-state index contributed by atoms with van der Waals surface area (Å²) in [7, 11) is 0. The molecule has 0 aromatic heterocycles. The number of benzene rings is 2. The van der Waals surface area contributed by atoms with Crippen LogP contribution in [0.4, 0.5) is 11.4 Å². The monoisotopic (exact) mass is 408 g/mol. The van der Waals surface area contributed by atoms with Crippen molar-refractivity contribution in [2.24, 2.45) is 0 Å². The number of nitrogens with zero attached hydrogens (tertiary/aromatic N) is 3. The maximum Gasteiger partial charge on any atom is 0.241 e. The van der Waals surface area contributed by atoms with Crippen LogP contribution in [0.2, 0.25) is 0 Å². The third-order valence-electron chi connectivity index (χ3n) is 6.09. The Kier molecular flexibility index (Phi) is 7.00. The van der Waals surface area contributed by atoms with Crippen molar-refractivity contribution in [1.29, 1.82) is 0 Å². The third-order valence-corrected chi connectivity index (χ3v) is 6.09. The van der Waals surface area contributed by atoms with Gasteiger partial charge in [0, 0.05) is 57.2 Å². The van der Waals surface area contributed by atoms with Gasteiger partial charge in [-0.1, -0.05) is 30.3 Å². The van der Waals surface area contributed by atoms with Gasteiger partial charge >= 0.3 is 0 Å². The second kappa shape index (κ2) is 10.1. The molecule has 2 fully saturated rings. The van der Waals surface area contributed by atoms with Crippen LogP contribution in [0.25, 0.3) is 0 Å². The molecule has 0 bridgehead atoms. The van der Waals surface area contributed by atoms with E-state index in [9.17, 15) is 4.79 Å². The summed E-state index contributed by atoms with van der Waals surface area (Å²) in [6, 6.07) is 18.6. The summed E-state index contributed by atoms with van der Waals surface area (Å²) < 4.78 is 5.41. The summed E-state index contributed by atoms with van der Waals surface area (Å²) in [5, 5.41) is 3.08. The number of carbonyl (C=O) groups excluding carboxylic acids is 1. The van der Waals surface area contributed by atoms with Crippen LogP contribution in [0, 0.1) is 0 Å². The van der Waals surface area contributed by atoms with Crippen LogP contribution >= 0.6 is 0 Å². The molecule has 0 aliphatic carbocycles. The van der Waals surface area contributed by atoms with E-state index in [2.05, 4.69) is 62.5 Å². The van der Waals surface area contributed by atoms with E-state index in [1.165, 1.54) is 11.3 Å². The fourth-order valence-electron chi connectivity index (χ4n) is 4.14. The zero-order valence-electron chi connectivity index (χ0n) is 17.8. The van der Waals surface area contributed by atoms with E-state index in [0.29, 0.717) is 0 Å². The van der Waals surface area contributed by atoms with Gasteiger partial charge in [0.25, 0.3) is 0 Å². The van der Waals surface area contributed by atoms with Crippen LogP contribution < -0.4 is 10.2 Å². The lowest BCUT2D eigenvalue weighted by atomic mass is 10.1. The first-order valence-electron chi connectivity index (χ1n) is 10.9. The Morgan fingerprint density at radius 2 is 1.60 bits per heavy atom. The molecule has 1 amide bonds. The second-order valence-corrected chi connectivity index (χ2v) is 8.11. The van der Waals surface area contributed by atoms with Gasteiger partial charge in [0.15, 0.2) is 0 Å². The van der Waals surface area contributed by atoms with Gasteiger partial charge in [-0.3, -0.25) is 14.6 Å². The number of hydrogen-bond donors (Lipinski definition) is 1. The molecule has 2 aromatic carbocycles. The summed E-state index contributed by atoms with van der Waals surface area (Å²) in [6.07, 6.45) is 0. The molecular weight excluding hydrogens is 376 g/mol. The zero-order chi connectivity index (χ0) is 20.8. The molecule has 2 saturated heterocycles. The number of amides is 1. The van der Waals surface area contributed by atoms with E-state index in [1.807, 2.05) is 19.1 Å². The molecule has 0 spiro atoms. The number of ether oxygens (including phenoxy) is 1. The average Bonchev–Trinajstić information content (AvgIpc) is 2.81. The lowest BCUT2D eigenvalue weighted by Crippen LogP contribution is -2.52. The first-order valence-corrected chi connectivity index (χ1v) is 10.9. The topological polar surface area (TPSA) is 48.1 Å². The fraction of sp³-hybridized carbons (Fsp3) is 0.458. The van der Waals surface area contributed by atoms with Gasteiger partial charge in [0.1, 0.15) is 0 Å². The molecule has 0 saturated carbocycles. The van der Waals surface area contributed by atoms with E-state index in [4.69, 9.17) is 4.74 Å². The number of anilines is 2. The Labute approximate surface area is 179 Å². The number of hydrogen-bond acceptors (Lipinski definition) is 5. The number of carbonyl (C=O) groups is 1. The highest BCUT2D eigenvalue weighted by molar-refractivity contribution is 5.94. The predicted octanol–water partition coefficient (Wildman–Crippen LogP) is 2.67. The van der Waals surface area contributed by atoms with Crippen molar-refractivity contribution < 1.29 is 9.53 Å². The SMILES string of the molecule is C[C@@H](C(=O)Nc1ccc(N2CCOCC2)cc1)N1CCN(Cc2ccccc2)CC1. The van der Waals surface area contributed by atoms with Gasteiger partial charge in [-0.05, 0) is 36.8 Å². The van der Waals surface area contributed by atoms with Crippen molar-refractivity contribution in [2.45, 2.75) is 19.5 Å². The highest BCUT2D eigenvalue weighted by Gasteiger charge is 2.25. The summed E-state index contributed by atoms with van der Waals surface area (Å²) in [4.78, 5) is 19.8. The number of piperazine rings is 1. The van der Waals surface area contributed by atoms with E-state index >= 15 is 0 Å². The van der Waals surface area contributed by atoms with E-state index in [1.54, 1.807) is 0 Å². The van der Waals surface area contributed by atoms with Gasteiger partial charge in [-0.2, -0.15) is 0 Å². The molecule has 2 aliphatic rings. The Hall–Kier alpha value is -2.41. The van der Waals surface area contributed by atoms with Gasteiger partial charge < -0.3 is 15.0 Å². The Morgan fingerprint density at radius 1 is 0.933 bits per heavy atom. The van der Waals surface area contributed by atoms with E-state index in [0.717, 1.165) is 64.7 Å². The molecule has 6 nitrogen and oxygen atoms in total. The summed E-state index contributed by atoms with van der Waals surface area (Å²) in [5.74, 6) is 0.0608. The maximum absolute atomic E-state index is 12.8. The third kappa shape index (κ3) is 5.39. The molecule has 6 heteroatoms. The van der Waals surface area contributed by atoms with Crippen LogP contribution in [0.3, 0.4) is 0 Å². The van der Waals surface area contributed by atoms with Crippen molar-refractivity contribution >= 4 is 17.3 Å². The average molecular weight is 409 g/mol. The van der Waals surface area contributed by atoms with Gasteiger partial charge in [-0.25, -0.2) is 0 Å². The van der Waals surface area contributed by atoms with Crippen LogP contribution in [-0.2, 0) is 16.1 Å². The summed E-state index contributed by atoms with van der Waals surface area (Å²) in [5.41, 5.74) is 3.38. The van der Waals surface area contributed by atoms with Gasteiger partial charge in [-0.15, -0.1) is 0 Å². The number of rotatable bonds is 6. The van der Waals surface area contributed by atoms with E-state index in [-0.39, 0.29) is 11.9 Å². The van der Waals surface area contributed by atoms with E-state index < -0.39 is 0 Å². The standard InChI is InChI=1S/C24H32N4O2/c1-20(27-13-11-26(12-14-27)19-21-5-3-2-4-6-21)24(29)25-22-7-9-23(10-8-22)28-15-17-30-18-16-28/h2-10,20H,11-19H2,1H3,(H,25,29)/t20-/m0/s1. The lowest BCUT2D eigenvalue weighted by Gasteiger charge is -2.37. The van der Waals surface area contributed by atoms with Gasteiger partial charge in [0.05, 0.1) is 19.3 Å². The quantitative estimate of drug-likeness (QED) is 0.796. The smallest absolute Gasteiger partial charge is 0.241 e. The van der Waals surface area contributed by atoms with Crippen molar-refractivity contribution in [1.82, 2.24) is 9.80 Å². The predicted molar refractivity (Wildman–Crippen MR) is 121 cm³/mol. The Bertz CT molecular complexity index is 798. The Balaban J connectivity index is 1.25. The molecule has 0 radical (unpaired) electrons. The van der Waals surface area contributed by atoms with Crippen LogP contribution in [0.5, 0.6) is 0 Å². The second-order valence-electron chi connectivity index (χ2n) is 8.11.